The number of carbonyl (C=O) groups excluding carboxylic acids is 1. The average Bonchev–Trinajstić information content (AvgIpc) is 2.55. The van der Waals surface area contributed by atoms with Crippen LogP contribution in [0.2, 0.25) is 0 Å². The van der Waals surface area contributed by atoms with Gasteiger partial charge in [-0.3, -0.25) is 14.9 Å². The summed E-state index contributed by atoms with van der Waals surface area (Å²) in [6, 6.07) is 4.53. The summed E-state index contributed by atoms with van der Waals surface area (Å²) in [6.45, 7) is 4.05. The Labute approximate surface area is 145 Å². The molecular formula is C19H30N2O3. The van der Waals surface area contributed by atoms with Crippen molar-refractivity contribution in [3.8, 4) is 0 Å². The summed E-state index contributed by atoms with van der Waals surface area (Å²) >= 11 is 0. The van der Waals surface area contributed by atoms with Crippen molar-refractivity contribution < 1.29 is 9.72 Å². The number of non-ortho nitro benzene ring substituents is 1. The third-order valence-electron chi connectivity index (χ3n) is 4.21. The van der Waals surface area contributed by atoms with Gasteiger partial charge in [-0.15, -0.1) is 0 Å². The van der Waals surface area contributed by atoms with Crippen LogP contribution in [0.5, 0.6) is 0 Å². The smallest absolute Gasteiger partial charge is 0.271 e. The summed E-state index contributed by atoms with van der Waals surface area (Å²) in [5.74, 6) is -0.0680. The quantitative estimate of drug-likeness (QED) is 0.300. The summed E-state index contributed by atoms with van der Waals surface area (Å²) in [7, 11) is 0. The number of benzene rings is 1. The second-order valence-electron chi connectivity index (χ2n) is 6.38. The van der Waals surface area contributed by atoms with Crippen LogP contribution in [0, 0.1) is 17.0 Å². The van der Waals surface area contributed by atoms with Gasteiger partial charge in [0.1, 0.15) is 0 Å². The summed E-state index contributed by atoms with van der Waals surface area (Å²) in [4.78, 5) is 22.3. The lowest BCUT2D eigenvalue weighted by Crippen LogP contribution is -2.12. The first kappa shape index (κ1) is 20.1. The van der Waals surface area contributed by atoms with E-state index in [1.165, 1.54) is 57.1 Å². The molecule has 0 atom stereocenters. The van der Waals surface area contributed by atoms with Crippen molar-refractivity contribution >= 4 is 17.3 Å². The number of unbranched alkanes of at least 4 members (excludes halogenated alkanes) is 8. The fraction of sp³-hybridized carbons (Fsp3) is 0.632. The Morgan fingerprint density at radius 1 is 1.04 bits per heavy atom. The van der Waals surface area contributed by atoms with Gasteiger partial charge in [0, 0.05) is 18.6 Å². The molecule has 0 aliphatic rings. The second-order valence-corrected chi connectivity index (χ2v) is 6.38. The van der Waals surface area contributed by atoms with E-state index in [1.54, 1.807) is 6.07 Å². The third kappa shape index (κ3) is 8.09. The number of aryl methyl sites for hydroxylation is 1. The van der Waals surface area contributed by atoms with Crippen LogP contribution in [0.15, 0.2) is 18.2 Å². The van der Waals surface area contributed by atoms with Gasteiger partial charge in [0.2, 0.25) is 5.91 Å². The van der Waals surface area contributed by atoms with Crippen molar-refractivity contribution in [3.63, 3.8) is 0 Å². The third-order valence-corrected chi connectivity index (χ3v) is 4.21. The lowest BCUT2D eigenvalue weighted by atomic mass is 10.1. The molecule has 1 aromatic carbocycles. The zero-order valence-electron chi connectivity index (χ0n) is 15.0. The van der Waals surface area contributed by atoms with Gasteiger partial charge in [0.15, 0.2) is 0 Å². The van der Waals surface area contributed by atoms with Crippen LogP contribution in [0.25, 0.3) is 0 Å². The highest BCUT2D eigenvalue weighted by Gasteiger charge is 2.10. The molecule has 0 spiro atoms. The molecule has 0 heterocycles. The fourth-order valence-electron chi connectivity index (χ4n) is 2.67. The molecule has 1 N–H and O–H groups in total. The Morgan fingerprint density at radius 3 is 2.21 bits per heavy atom. The van der Waals surface area contributed by atoms with E-state index in [4.69, 9.17) is 0 Å². The van der Waals surface area contributed by atoms with Crippen LogP contribution < -0.4 is 5.32 Å². The molecule has 0 fully saturated rings. The minimum absolute atomic E-state index is 0.000951. The summed E-state index contributed by atoms with van der Waals surface area (Å²) < 4.78 is 0. The molecule has 1 aromatic rings. The Hall–Kier alpha value is -1.91. The van der Waals surface area contributed by atoms with Crippen LogP contribution in [0.4, 0.5) is 11.4 Å². The lowest BCUT2D eigenvalue weighted by Gasteiger charge is -2.08. The largest absolute Gasteiger partial charge is 0.326 e. The maximum absolute atomic E-state index is 12.0. The molecule has 0 radical (unpaired) electrons. The normalized spacial score (nSPS) is 10.6. The Kier molecular flexibility index (Phi) is 9.73. The number of rotatable bonds is 12. The van der Waals surface area contributed by atoms with E-state index in [1.807, 2.05) is 6.92 Å². The summed E-state index contributed by atoms with van der Waals surface area (Å²) in [5, 5.41) is 13.6. The monoisotopic (exact) mass is 334 g/mol. The van der Waals surface area contributed by atoms with E-state index in [9.17, 15) is 14.9 Å². The highest BCUT2D eigenvalue weighted by Crippen LogP contribution is 2.22. The van der Waals surface area contributed by atoms with Crippen molar-refractivity contribution in [1.29, 1.82) is 0 Å². The van der Waals surface area contributed by atoms with Crippen LogP contribution in [-0.4, -0.2) is 10.8 Å². The van der Waals surface area contributed by atoms with Crippen molar-refractivity contribution in [2.45, 2.75) is 78.1 Å². The number of nitrogens with zero attached hydrogens (tertiary/aromatic N) is 1. The van der Waals surface area contributed by atoms with Crippen LogP contribution in [0.3, 0.4) is 0 Å². The molecule has 5 heteroatoms. The van der Waals surface area contributed by atoms with Gasteiger partial charge in [-0.05, 0) is 18.9 Å². The Bertz CT molecular complexity index is 529. The highest BCUT2D eigenvalue weighted by molar-refractivity contribution is 5.91. The minimum atomic E-state index is -0.449. The minimum Gasteiger partial charge on any atom is -0.326 e. The molecule has 5 nitrogen and oxygen atoms in total. The molecule has 1 amide bonds. The topological polar surface area (TPSA) is 72.2 Å². The average molecular weight is 334 g/mol. The molecule has 24 heavy (non-hydrogen) atoms. The van der Waals surface area contributed by atoms with Crippen molar-refractivity contribution in [3.05, 3.63) is 33.9 Å². The molecule has 1 rings (SSSR count). The van der Waals surface area contributed by atoms with E-state index >= 15 is 0 Å². The number of carbonyl (C=O) groups is 1. The van der Waals surface area contributed by atoms with Gasteiger partial charge in [0.25, 0.3) is 5.69 Å². The first-order valence-electron chi connectivity index (χ1n) is 9.09. The molecule has 0 bridgehead atoms. The van der Waals surface area contributed by atoms with E-state index < -0.39 is 4.92 Å². The van der Waals surface area contributed by atoms with Crippen molar-refractivity contribution in [2.75, 3.05) is 5.32 Å². The van der Waals surface area contributed by atoms with E-state index in [2.05, 4.69) is 12.2 Å². The lowest BCUT2D eigenvalue weighted by molar-refractivity contribution is -0.384. The maximum atomic E-state index is 12.0. The maximum Gasteiger partial charge on any atom is 0.271 e. The van der Waals surface area contributed by atoms with Gasteiger partial charge >= 0.3 is 0 Å². The molecule has 0 unspecified atom stereocenters. The predicted octanol–water partition coefficient (Wildman–Crippen LogP) is 5.76. The van der Waals surface area contributed by atoms with Gasteiger partial charge in [-0.25, -0.2) is 0 Å². The molecule has 0 aliphatic carbocycles. The van der Waals surface area contributed by atoms with Gasteiger partial charge < -0.3 is 5.32 Å². The van der Waals surface area contributed by atoms with Crippen molar-refractivity contribution in [2.24, 2.45) is 0 Å². The molecule has 0 aliphatic heterocycles. The zero-order chi connectivity index (χ0) is 17.8. The van der Waals surface area contributed by atoms with Crippen LogP contribution in [-0.2, 0) is 4.79 Å². The standard InChI is InChI=1S/C19H30N2O3/c1-3-4-5-6-7-8-9-10-11-12-19(22)20-18-15-17(21(23)24)14-13-16(18)2/h13-15H,3-12H2,1-2H3,(H,20,22). The van der Waals surface area contributed by atoms with E-state index in [0.29, 0.717) is 12.1 Å². The SMILES string of the molecule is CCCCCCCCCCCC(=O)Nc1cc([N+](=O)[O-])ccc1C. The van der Waals surface area contributed by atoms with Gasteiger partial charge in [0.05, 0.1) is 10.6 Å². The molecule has 0 aromatic heterocycles. The van der Waals surface area contributed by atoms with Gasteiger partial charge in [-0.2, -0.15) is 0 Å². The first-order chi connectivity index (χ1) is 11.5. The number of nitrogens with one attached hydrogen (secondary N) is 1. The number of anilines is 1. The number of hydrogen-bond donors (Lipinski definition) is 1. The van der Waals surface area contributed by atoms with Gasteiger partial charge in [-0.1, -0.05) is 64.4 Å². The molecule has 134 valence electrons. The number of amides is 1. The molecule has 0 saturated heterocycles. The molecule has 0 saturated carbocycles. The molecular weight excluding hydrogens is 304 g/mol. The Balaban J connectivity index is 2.20. The predicted molar refractivity (Wildman–Crippen MR) is 98.3 cm³/mol. The fourth-order valence-corrected chi connectivity index (χ4v) is 2.67. The van der Waals surface area contributed by atoms with E-state index in [-0.39, 0.29) is 11.6 Å². The first-order valence-corrected chi connectivity index (χ1v) is 9.09. The number of nitro benzene ring substituents is 1. The van der Waals surface area contributed by atoms with E-state index in [0.717, 1.165) is 18.4 Å². The summed E-state index contributed by atoms with van der Waals surface area (Å²) in [6.07, 6.45) is 11.4. The number of hydrogen-bond acceptors (Lipinski definition) is 3. The Morgan fingerprint density at radius 2 is 1.62 bits per heavy atom. The van der Waals surface area contributed by atoms with Crippen LogP contribution in [0.1, 0.15) is 76.7 Å². The highest BCUT2D eigenvalue weighted by atomic mass is 16.6. The summed E-state index contributed by atoms with van der Waals surface area (Å²) in [5.41, 5.74) is 1.37. The number of nitro groups is 1. The zero-order valence-corrected chi connectivity index (χ0v) is 15.0. The van der Waals surface area contributed by atoms with Crippen molar-refractivity contribution in [1.82, 2.24) is 0 Å². The van der Waals surface area contributed by atoms with Crippen LogP contribution >= 0.6 is 0 Å². The second kappa shape index (κ2) is 11.6.